The van der Waals surface area contributed by atoms with Crippen LogP contribution < -0.4 is 19.5 Å². The van der Waals surface area contributed by atoms with Crippen molar-refractivity contribution in [3.05, 3.63) is 60.7 Å². The van der Waals surface area contributed by atoms with E-state index in [0.29, 0.717) is 23.8 Å². The molecule has 0 fully saturated rings. The van der Waals surface area contributed by atoms with Crippen molar-refractivity contribution in [3.8, 4) is 17.2 Å². The lowest BCUT2D eigenvalue weighted by atomic mass is 10.3. The normalized spacial score (nSPS) is 9.92. The number of ether oxygens (including phenoxy) is 3. The molecule has 5 nitrogen and oxygen atoms in total. The van der Waals surface area contributed by atoms with E-state index in [1.807, 2.05) is 19.1 Å². The van der Waals surface area contributed by atoms with Crippen molar-refractivity contribution in [2.45, 2.75) is 6.92 Å². The van der Waals surface area contributed by atoms with E-state index in [-0.39, 0.29) is 12.5 Å². The summed E-state index contributed by atoms with van der Waals surface area (Å²) in [5, 5.41) is 2.77. The zero-order chi connectivity index (χ0) is 17.4. The molecule has 126 valence electrons. The van der Waals surface area contributed by atoms with Crippen LogP contribution in [0.25, 0.3) is 0 Å². The van der Waals surface area contributed by atoms with Crippen molar-refractivity contribution >= 4 is 11.6 Å². The van der Waals surface area contributed by atoms with Gasteiger partial charge in [0.25, 0.3) is 5.91 Å². The highest BCUT2D eigenvalue weighted by Crippen LogP contribution is 2.19. The van der Waals surface area contributed by atoms with Gasteiger partial charge in [0.05, 0.1) is 7.11 Å². The van der Waals surface area contributed by atoms with Crippen LogP contribution in [0.1, 0.15) is 6.92 Å². The Morgan fingerprint density at radius 1 is 1.00 bits per heavy atom. The number of amides is 1. The summed E-state index contributed by atoms with van der Waals surface area (Å²) >= 11 is 0. The number of hydrogen-bond acceptors (Lipinski definition) is 4. The second kappa shape index (κ2) is 8.62. The minimum absolute atomic E-state index is 0.0802. The summed E-state index contributed by atoms with van der Waals surface area (Å²) in [5.74, 6) is 1.76. The standard InChI is InChI=1S/C19H21NO4/c1-14(2)12-23-18-6-4-5-15(11-18)20-19(21)13-24-17-9-7-16(22-3)8-10-17/h4-11H,1,12-13H2,2-3H3,(H,20,21). The molecule has 0 aliphatic rings. The van der Waals surface area contributed by atoms with Gasteiger partial charge in [-0.15, -0.1) is 0 Å². The third-order valence-corrected chi connectivity index (χ3v) is 3.03. The number of rotatable bonds is 8. The molecule has 0 atom stereocenters. The van der Waals surface area contributed by atoms with E-state index in [2.05, 4.69) is 11.9 Å². The van der Waals surface area contributed by atoms with Gasteiger partial charge in [0.2, 0.25) is 0 Å². The van der Waals surface area contributed by atoms with E-state index in [0.717, 1.165) is 11.3 Å². The zero-order valence-corrected chi connectivity index (χ0v) is 13.9. The molecule has 1 N–H and O–H groups in total. The van der Waals surface area contributed by atoms with Gasteiger partial charge in [0, 0.05) is 11.8 Å². The Hall–Kier alpha value is -2.95. The molecule has 5 heteroatoms. The maximum Gasteiger partial charge on any atom is 0.262 e. The first-order valence-electron chi connectivity index (χ1n) is 7.51. The molecule has 0 aliphatic heterocycles. The first-order chi connectivity index (χ1) is 11.6. The van der Waals surface area contributed by atoms with Gasteiger partial charge in [-0.3, -0.25) is 4.79 Å². The molecule has 1 amide bonds. The van der Waals surface area contributed by atoms with Gasteiger partial charge in [-0.1, -0.05) is 12.6 Å². The quantitative estimate of drug-likeness (QED) is 0.752. The fraction of sp³-hybridized carbons (Fsp3) is 0.211. The topological polar surface area (TPSA) is 56.8 Å². The number of carbonyl (C=O) groups excluding carboxylic acids is 1. The predicted molar refractivity (Wildman–Crippen MR) is 93.9 cm³/mol. The molecular weight excluding hydrogens is 306 g/mol. The van der Waals surface area contributed by atoms with Crippen LogP contribution in [0.5, 0.6) is 17.2 Å². The molecule has 0 heterocycles. The van der Waals surface area contributed by atoms with E-state index in [1.165, 1.54) is 0 Å². The van der Waals surface area contributed by atoms with Gasteiger partial charge < -0.3 is 19.5 Å². The Morgan fingerprint density at radius 2 is 1.67 bits per heavy atom. The number of nitrogens with one attached hydrogen (secondary N) is 1. The molecule has 24 heavy (non-hydrogen) atoms. The Morgan fingerprint density at radius 3 is 2.33 bits per heavy atom. The molecule has 0 spiro atoms. The van der Waals surface area contributed by atoms with E-state index in [4.69, 9.17) is 14.2 Å². The van der Waals surface area contributed by atoms with Crippen LogP contribution in [-0.2, 0) is 4.79 Å². The number of anilines is 1. The monoisotopic (exact) mass is 327 g/mol. The Kier molecular flexibility index (Phi) is 6.25. The maximum absolute atomic E-state index is 12.0. The second-order valence-corrected chi connectivity index (χ2v) is 5.29. The predicted octanol–water partition coefficient (Wildman–Crippen LogP) is 3.67. The fourth-order valence-corrected chi connectivity index (χ4v) is 1.89. The number of hydrogen-bond donors (Lipinski definition) is 1. The van der Waals surface area contributed by atoms with Crippen LogP contribution in [0.3, 0.4) is 0 Å². The Labute approximate surface area is 141 Å². The summed E-state index contributed by atoms with van der Waals surface area (Å²) in [7, 11) is 1.59. The zero-order valence-electron chi connectivity index (χ0n) is 13.9. The van der Waals surface area contributed by atoms with Crippen LogP contribution in [0.2, 0.25) is 0 Å². The lowest BCUT2D eigenvalue weighted by Gasteiger charge is -2.10. The summed E-state index contributed by atoms with van der Waals surface area (Å²) in [6.07, 6.45) is 0. The van der Waals surface area contributed by atoms with Crippen molar-refractivity contribution in [1.29, 1.82) is 0 Å². The number of carbonyl (C=O) groups is 1. The lowest BCUT2D eigenvalue weighted by Crippen LogP contribution is -2.20. The SMILES string of the molecule is C=C(C)COc1cccc(NC(=O)COc2ccc(OC)cc2)c1. The summed E-state index contributed by atoms with van der Waals surface area (Å²) < 4.78 is 16.1. The fourth-order valence-electron chi connectivity index (χ4n) is 1.89. The summed E-state index contributed by atoms with van der Waals surface area (Å²) in [5.41, 5.74) is 1.58. The molecule has 0 aromatic heterocycles. The van der Waals surface area contributed by atoms with Gasteiger partial charge in [-0.05, 0) is 48.9 Å². The van der Waals surface area contributed by atoms with Crippen molar-refractivity contribution in [2.75, 3.05) is 25.6 Å². The largest absolute Gasteiger partial charge is 0.497 e. The van der Waals surface area contributed by atoms with Gasteiger partial charge >= 0.3 is 0 Å². The van der Waals surface area contributed by atoms with E-state index < -0.39 is 0 Å². The average molecular weight is 327 g/mol. The van der Waals surface area contributed by atoms with Crippen molar-refractivity contribution < 1.29 is 19.0 Å². The van der Waals surface area contributed by atoms with Gasteiger partial charge in [-0.25, -0.2) is 0 Å². The highest BCUT2D eigenvalue weighted by Gasteiger charge is 2.05. The third-order valence-electron chi connectivity index (χ3n) is 3.03. The summed E-state index contributed by atoms with van der Waals surface area (Å²) in [6, 6.07) is 14.2. The molecule has 0 saturated carbocycles. The van der Waals surface area contributed by atoms with Crippen LogP contribution in [-0.4, -0.2) is 26.2 Å². The van der Waals surface area contributed by atoms with E-state index in [1.54, 1.807) is 43.5 Å². The molecule has 0 aliphatic carbocycles. The first-order valence-corrected chi connectivity index (χ1v) is 7.51. The van der Waals surface area contributed by atoms with Gasteiger partial charge in [0.15, 0.2) is 6.61 Å². The highest BCUT2D eigenvalue weighted by molar-refractivity contribution is 5.92. The number of benzene rings is 2. The minimum Gasteiger partial charge on any atom is -0.497 e. The second-order valence-electron chi connectivity index (χ2n) is 5.29. The first kappa shape index (κ1) is 17.4. The Bertz CT molecular complexity index is 695. The summed E-state index contributed by atoms with van der Waals surface area (Å²) in [4.78, 5) is 12.0. The number of methoxy groups -OCH3 is 1. The van der Waals surface area contributed by atoms with Crippen LogP contribution >= 0.6 is 0 Å². The van der Waals surface area contributed by atoms with Gasteiger partial charge in [0.1, 0.15) is 23.9 Å². The Balaban J connectivity index is 1.85. The molecule has 0 saturated heterocycles. The van der Waals surface area contributed by atoms with Crippen molar-refractivity contribution in [3.63, 3.8) is 0 Å². The average Bonchev–Trinajstić information content (AvgIpc) is 2.59. The molecule has 2 aromatic rings. The highest BCUT2D eigenvalue weighted by atomic mass is 16.5. The third kappa shape index (κ3) is 5.68. The van der Waals surface area contributed by atoms with Crippen LogP contribution in [0.4, 0.5) is 5.69 Å². The summed E-state index contributed by atoms with van der Waals surface area (Å²) in [6.45, 7) is 6.04. The maximum atomic E-state index is 12.0. The van der Waals surface area contributed by atoms with E-state index in [9.17, 15) is 4.79 Å². The van der Waals surface area contributed by atoms with Crippen LogP contribution in [0.15, 0.2) is 60.7 Å². The minimum atomic E-state index is -0.247. The molecule has 2 aromatic carbocycles. The van der Waals surface area contributed by atoms with E-state index >= 15 is 0 Å². The molecule has 0 radical (unpaired) electrons. The molecule has 0 unspecified atom stereocenters. The van der Waals surface area contributed by atoms with Crippen molar-refractivity contribution in [1.82, 2.24) is 0 Å². The molecule has 2 rings (SSSR count). The van der Waals surface area contributed by atoms with Crippen LogP contribution in [0, 0.1) is 0 Å². The van der Waals surface area contributed by atoms with Gasteiger partial charge in [-0.2, -0.15) is 0 Å². The smallest absolute Gasteiger partial charge is 0.262 e. The van der Waals surface area contributed by atoms with Crippen molar-refractivity contribution in [2.24, 2.45) is 0 Å². The molecule has 0 bridgehead atoms. The lowest BCUT2D eigenvalue weighted by molar-refractivity contribution is -0.118. The molecular formula is C19H21NO4.